The summed E-state index contributed by atoms with van der Waals surface area (Å²) in [6.07, 6.45) is 1.09. The first-order valence-electron chi connectivity index (χ1n) is 5.42. The molecule has 0 bridgehead atoms. The van der Waals surface area contributed by atoms with E-state index in [1.807, 2.05) is 0 Å². The number of nitrogens with one attached hydrogen (secondary N) is 1. The maximum absolute atomic E-state index is 5.94. The van der Waals surface area contributed by atoms with Crippen LogP contribution in [0.3, 0.4) is 0 Å². The summed E-state index contributed by atoms with van der Waals surface area (Å²) in [6.45, 7) is 4.18. The van der Waals surface area contributed by atoms with Gasteiger partial charge in [-0.05, 0) is 31.0 Å². The number of halogens is 1. The van der Waals surface area contributed by atoms with Gasteiger partial charge in [0.25, 0.3) is 0 Å². The first kappa shape index (κ1) is 11.9. The molecule has 16 heavy (non-hydrogen) atoms. The van der Waals surface area contributed by atoms with E-state index in [9.17, 15) is 0 Å². The average Bonchev–Trinajstić information content (AvgIpc) is 2.58. The Labute approximate surface area is 104 Å². The molecule has 1 heterocycles. The second kappa shape index (κ2) is 4.73. The molecule has 2 atom stereocenters. The first-order valence-corrected chi connectivity index (χ1v) is 6.21. The van der Waals surface area contributed by atoms with Gasteiger partial charge in [-0.1, -0.05) is 22.9 Å². The van der Waals surface area contributed by atoms with E-state index in [0.29, 0.717) is 0 Å². The Hall–Kier alpha value is -0.580. The van der Waals surface area contributed by atoms with Crippen LogP contribution < -0.4 is 10.2 Å². The monoisotopic (exact) mass is 285 g/mol. The molecule has 2 rings (SSSR count). The van der Waals surface area contributed by atoms with Crippen molar-refractivity contribution in [2.75, 3.05) is 7.11 Å². The number of benzene rings is 1. The van der Waals surface area contributed by atoms with Crippen molar-refractivity contribution in [3.05, 3.63) is 27.7 Å². The number of fused-ring (bicyclic) bond motifs is 1. The summed E-state index contributed by atoms with van der Waals surface area (Å²) in [5.41, 5.74) is 5.33. The van der Waals surface area contributed by atoms with Crippen LogP contribution in [-0.4, -0.2) is 13.2 Å². The zero-order chi connectivity index (χ0) is 11.7. The topological polar surface area (TPSA) is 30.5 Å². The second-order valence-corrected chi connectivity index (χ2v) is 4.92. The molecular weight excluding hydrogens is 270 g/mol. The van der Waals surface area contributed by atoms with Gasteiger partial charge >= 0.3 is 0 Å². The van der Waals surface area contributed by atoms with E-state index >= 15 is 0 Å². The van der Waals surface area contributed by atoms with Crippen LogP contribution in [0.5, 0.6) is 5.75 Å². The van der Waals surface area contributed by atoms with Gasteiger partial charge in [-0.25, -0.2) is 0 Å². The van der Waals surface area contributed by atoms with E-state index in [1.54, 1.807) is 7.11 Å². The zero-order valence-corrected chi connectivity index (χ0v) is 11.3. The number of ether oxygens (including phenoxy) is 1. The number of hydrogen-bond donors (Lipinski definition) is 1. The Morgan fingerprint density at radius 2 is 2.25 bits per heavy atom. The highest BCUT2D eigenvalue weighted by molar-refractivity contribution is 9.10. The SMILES string of the molecule is CCC1Oc2c(C)cc(Br)cc2C1NOC. The van der Waals surface area contributed by atoms with Gasteiger partial charge in [-0.3, -0.25) is 0 Å². The molecule has 0 saturated heterocycles. The maximum atomic E-state index is 5.94. The Bertz CT molecular complexity index is 395. The minimum atomic E-state index is 0.112. The average molecular weight is 286 g/mol. The van der Waals surface area contributed by atoms with Crippen molar-refractivity contribution in [1.82, 2.24) is 5.48 Å². The van der Waals surface area contributed by atoms with Gasteiger partial charge in [-0.15, -0.1) is 0 Å². The van der Waals surface area contributed by atoms with Gasteiger partial charge in [0.2, 0.25) is 0 Å². The van der Waals surface area contributed by atoms with Gasteiger partial charge < -0.3 is 9.57 Å². The van der Waals surface area contributed by atoms with Crippen molar-refractivity contribution in [2.45, 2.75) is 32.4 Å². The summed E-state index contributed by atoms with van der Waals surface area (Å²) >= 11 is 3.51. The fourth-order valence-electron chi connectivity index (χ4n) is 2.15. The maximum Gasteiger partial charge on any atom is 0.127 e. The minimum absolute atomic E-state index is 0.112. The Balaban J connectivity index is 2.41. The molecule has 2 unspecified atom stereocenters. The molecular formula is C12H16BrNO2. The Morgan fingerprint density at radius 3 is 2.88 bits per heavy atom. The molecule has 0 aliphatic carbocycles. The summed E-state index contributed by atoms with van der Waals surface area (Å²) in [6, 6.07) is 4.27. The molecule has 1 aliphatic rings. The van der Waals surface area contributed by atoms with Crippen LogP contribution in [0.15, 0.2) is 16.6 Å². The molecule has 0 saturated carbocycles. The van der Waals surface area contributed by atoms with E-state index in [1.165, 1.54) is 5.56 Å². The summed E-state index contributed by atoms with van der Waals surface area (Å²) in [5, 5.41) is 0. The van der Waals surface area contributed by atoms with Crippen LogP contribution in [-0.2, 0) is 4.84 Å². The van der Waals surface area contributed by atoms with Crippen molar-refractivity contribution < 1.29 is 9.57 Å². The van der Waals surface area contributed by atoms with E-state index in [0.717, 1.165) is 22.2 Å². The molecule has 4 heteroatoms. The molecule has 0 spiro atoms. The smallest absolute Gasteiger partial charge is 0.127 e. The standard InChI is InChI=1S/C12H16BrNO2/c1-4-10-11(14-15-3)9-6-8(13)5-7(2)12(9)16-10/h5-6,10-11,14H,4H2,1-3H3. The zero-order valence-electron chi connectivity index (χ0n) is 9.71. The van der Waals surface area contributed by atoms with Gasteiger partial charge in [0.05, 0.1) is 13.2 Å². The lowest BCUT2D eigenvalue weighted by Gasteiger charge is -2.17. The quantitative estimate of drug-likeness (QED) is 0.866. The summed E-state index contributed by atoms with van der Waals surface area (Å²) in [4.78, 5) is 5.05. The van der Waals surface area contributed by atoms with Crippen molar-refractivity contribution >= 4 is 15.9 Å². The molecule has 3 nitrogen and oxygen atoms in total. The largest absolute Gasteiger partial charge is 0.488 e. The van der Waals surface area contributed by atoms with Crippen LogP contribution in [0.1, 0.15) is 30.5 Å². The lowest BCUT2D eigenvalue weighted by atomic mass is 10.0. The molecule has 1 aliphatic heterocycles. The van der Waals surface area contributed by atoms with E-state index in [4.69, 9.17) is 9.57 Å². The lowest BCUT2D eigenvalue weighted by Crippen LogP contribution is -2.29. The van der Waals surface area contributed by atoms with Gasteiger partial charge in [0.1, 0.15) is 11.9 Å². The second-order valence-electron chi connectivity index (χ2n) is 4.01. The third-order valence-electron chi connectivity index (χ3n) is 2.89. The van der Waals surface area contributed by atoms with E-state index < -0.39 is 0 Å². The Morgan fingerprint density at radius 1 is 1.50 bits per heavy atom. The molecule has 0 fully saturated rings. The first-order chi connectivity index (χ1) is 7.67. The summed E-state index contributed by atoms with van der Waals surface area (Å²) < 4.78 is 7.02. The number of aryl methyl sites for hydroxylation is 1. The molecule has 0 amide bonds. The van der Waals surface area contributed by atoms with Crippen molar-refractivity contribution in [2.24, 2.45) is 0 Å². The summed E-state index contributed by atoms with van der Waals surface area (Å²) in [7, 11) is 1.63. The van der Waals surface area contributed by atoms with Crippen LogP contribution in [0.2, 0.25) is 0 Å². The number of hydroxylamine groups is 1. The minimum Gasteiger partial charge on any atom is -0.488 e. The van der Waals surface area contributed by atoms with Crippen LogP contribution in [0.4, 0.5) is 0 Å². The molecule has 1 N–H and O–H groups in total. The fourth-order valence-corrected chi connectivity index (χ4v) is 2.74. The van der Waals surface area contributed by atoms with Crippen LogP contribution in [0.25, 0.3) is 0 Å². The molecule has 1 aromatic rings. The lowest BCUT2D eigenvalue weighted by molar-refractivity contribution is 0.0283. The van der Waals surface area contributed by atoms with Crippen LogP contribution >= 0.6 is 15.9 Å². The molecule has 0 radical (unpaired) electrons. The third kappa shape index (κ3) is 1.97. The molecule has 88 valence electrons. The highest BCUT2D eigenvalue weighted by Gasteiger charge is 2.34. The number of rotatable bonds is 3. The summed E-state index contributed by atoms with van der Waals surface area (Å²) in [5.74, 6) is 0.990. The van der Waals surface area contributed by atoms with Crippen LogP contribution in [0, 0.1) is 6.92 Å². The van der Waals surface area contributed by atoms with Gasteiger partial charge in [0.15, 0.2) is 0 Å². The van der Waals surface area contributed by atoms with E-state index in [-0.39, 0.29) is 12.1 Å². The van der Waals surface area contributed by atoms with Crippen molar-refractivity contribution in [1.29, 1.82) is 0 Å². The van der Waals surface area contributed by atoms with Crippen molar-refractivity contribution in [3.63, 3.8) is 0 Å². The fraction of sp³-hybridized carbons (Fsp3) is 0.500. The van der Waals surface area contributed by atoms with Gasteiger partial charge in [-0.2, -0.15) is 5.48 Å². The molecule has 1 aromatic carbocycles. The highest BCUT2D eigenvalue weighted by Crippen LogP contribution is 2.41. The number of hydrogen-bond acceptors (Lipinski definition) is 3. The normalized spacial score (nSPS) is 23.0. The highest BCUT2D eigenvalue weighted by atomic mass is 79.9. The van der Waals surface area contributed by atoms with Crippen molar-refractivity contribution in [3.8, 4) is 5.75 Å². The third-order valence-corrected chi connectivity index (χ3v) is 3.35. The van der Waals surface area contributed by atoms with Gasteiger partial charge in [0, 0.05) is 10.0 Å². The van der Waals surface area contributed by atoms with E-state index in [2.05, 4.69) is 47.4 Å². The molecule has 0 aromatic heterocycles. The predicted octanol–water partition coefficient (Wildman–Crippen LogP) is 3.12. The predicted molar refractivity (Wildman–Crippen MR) is 66.5 cm³/mol. The Kier molecular flexibility index (Phi) is 3.52.